The summed E-state index contributed by atoms with van der Waals surface area (Å²) in [6, 6.07) is 1.56. The SMILES string of the molecule is CC(C)NC(=O)C1CSC(c2ccoc2)N1C(=O)C1CC1. The predicted molar refractivity (Wildman–Crippen MR) is 80.5 cm³/mol. The second kappa shape index (κ2) is 5.75. The van der Waals surface area contributed by atoms with Gasteiger partial charge in [0.1, 0.15) is 11.4 Å². The summed E-state index contributed by atoms with van der Waals surface area (Å²) < 4.78 is 5.14. The summed E-state index contributed by atoms with van der Waals surface area (Å²) >= 11 is 1.63. The van der Waals surface area contributed by atoms with E-state index in [1.807, 2.05) is 19.9 Å². The van der Waals surface area contributed by atoms with Gasteiger partial charge in [-0.15, -0.1) is 11.8 Å². The van der Waals surface area contributed by atoms with Gasteiger partial charge in [0.05, 0.1) is 12.5 Å². The molecule has 1 saturated heterocycles. The molecule has 1 saturated carbocycles. The monoisotopic (exact) mass is 308 g/mol. The van der Waals surface area contributed by atoms with Crippen LogP contribution in [0.3, 0.4) is 0 Å². The van der Waals surface area contributed by atoms with Crippen LogP contribution >= 0.6 is 11.8 Å². The third kappa shape index (κ3) is 2.95. The van der Waals surface area contributed by atoms with Gasteiger partial charge in [0, 0.05) is 23.3 Å². The Morgan fingerprint density at radius 1 is 1.43 bits per heavy atom. The maximum absolute atomic E-state index is 12.6. The van der Waals surface area contributed by atoms with Crippen LogP contribution in [0.15, 0.2) is 23.0 Å². The van der Waals surface area contributed by atoms with Crippen LogP contribution < -0.4 is 5.32 Å². The molecule has 21 heavy (non-hydrogen) atoms. The van der Waals surface area contributed by atoms with Gasteiger partial charge < -0.3 is 14.6 Å². The number of amides is 2. The molecule has 0 radical (unpaired) electrons. The third-order valence-electron chi connectivity index (χ3n) is 3.74. The van der Waals surface area contributed by atoms with Crippen molar-refractivity contribution in [2.75, 3.05) is 5.75 Å². The highest BCUT2D eigenvalue weighted by Crippen LogP contribution is 2.45. The lowest BCUT2D eigenvalue weighted by Crippen LogP contribution is -2.49. The number of hydrogen-bond donors (Lipinski definition) is 1. The minimum absolute atomic E-state index is 0.0579. The molecule has 1 aromatic rings. The van der Waals surface area contributed by atoms with Crippen LogP contribution in [0.5, 0.6) is 0 Å². The quantitative estimate of drug-likeness (QED) is 0.926. The van der Waals surface area contributed by atoms with Crippen molar-refractivity contribution in [1.82, 2.24) is 10.2 Å². The second-order valence-corrected chi connectivity index (χ2v) is 7.05. The number of nitrogens with one attached hydrogen (secondary N) is 1. The topological polar surface area (TPSA) is 62.6 Å². The number of rotatable bonds is 4. The number of carbonyl (C=O) groups is 2. The van der Waals surface area contributed by atoms with Gasteiger partial charge in [-0.05, 0) is 32.8 Å². The molecule has 2 unspecified atom stereocenters. The average molecular weight is 308 g/mol. The first kappa shape index (κ1) is 14.5. The fraction of sp³-hybridized carbons (Fsp3) is 0.600. The normalized spacial score (nSPS) is 25.4. The van der Waals surface area contributed by atoms with Gasteiger partial charge in [-0.3, -0.25) is 9.59 Å². The lowest BCUT2D eigenvalue weighted by atomic mass is 10.2. The number of hydrogen-bond acceptors (Lipinski definition) is 4. The summed E-state index contributed by atoms with van der Waals surface area (Å²) in [6.45, 7) is 3.86. The van der Waals surface area contributed by atoms with Gasteiger partial charge in [-0.1, -0.05) is 0 Å². The Bertz CT molecular complexity index is 525. The van der Waals surface area contributed by atoms with Crippen molar-refractivity contribution in [3.63, 3.8) is 0 Å². The van der Waals surface area contributed by atoms with Crippen LogP contribution in [0.2, 0.25) is 0 Å². The van der Waals surface area contributed by atoms with Crippen molar-refractivity contribution < 1.29 is 14.0 Å². The van der Waals surface area contributed by atoms with Crippen LogP contribution in [-0.4, -0.2) is 34.6 Å². The zero-order valence-electron chi connectivity index (χ0n) is 12.2. The van der Waals surface area contributed by atoms with Crippen molar-refractivity contribution in [2.24, 2.45) is 5.92 Å². The highest BCUT2D eigenvalue weighted by Gasteiger charge is 2.46. The molecule has 5 nitrogen and oxygen atoms in total. The van der Waals surface area contributed by atoms with Gasteiger partial charge in [0.15, 0.2) is 0 Å². The molecule has 2 amide bonds. The Hall–Kier alpha value is -1.43. The van der Waals surface area contributed by atoms with E-state index in [2.05, 4.69) is 5.32 Å². The van der Waals surface area contributed by atoms with Gasteiger partial charge in [0.2, 0.25) is 11.8 Å². The van der Waals surface area contributed by atoms with Gasteiger partial charge in [0.25, 0.3) is 0 Å². The fourth-order valence-electron chi connectivity index (χ4n) is 2.57. The summed E-state index contributed by atoms with van der Waals surface area (Å²) in [7, 11) is 0. The maximum atomic E-state index is 12.6. The molecule has 0 aromatic carbocycles. The smallest absolute Gasteiger partial charge is 0.243 e. The third-order valence-corrected chi connectivity index (χ3v) is 5.07. The van der Waals surface area contributed by atoms with E-state index in [1.54, 1.807) is 29.2 Å². The maximum Gasteiger partial charge on any atom is 0.243 e. The first-order chi connectivity index (χ1) is 10.1. The fourth-order valence-corrected chi connectivity index (χ4v) is 3.99. The van der Waals surface area contributed by atoms with Gasteiger partial charge >= 0.3 is 0 Å². The van der Waals surface area contributed by atoms with Gasteiger partial charge in [-0.2, -0.15) is 0 Å². The molecule has 2 atom stereocenters. The van der Waals surface area contributed by atoms with Crippen molar-refractivity contribution in [3.05, 3.63) is 24.2 Å². The summed E-state index contributed by atoms with van der Waals surface area (Å²) in [5.41, 5.74) is 0.953. The zero-order chi connectivity index (χ0) is 15.0. The largest absolute Gasteiger partial charge is 0.472 e. The summed E-state index contributed by atoms with van der Waals surface area (Å²) in [5.74, 6) is 0.785. The second-order valence-electron chi connectivity index (χ2n) is 5.94. The lowest BCUT2D eigenvalue weighted by molar-refractivity contribution is -0.141. The van der Waals surface area contributed by atoms with Crippen LogP contribution in [0.4, 0.5) is 0 Å². The van der Waals surface area contributed by atoms with Crippen LogP contribution in [-0.2, 0) is 9.59 Å². The Kier molecular flexibility index (Phi) is 3.97. The van der Waals surface area contributed by atoms with E-state index in [0.29, 0.717) is 5.75 Å². The van der Waals surface area contributed by atoms with E-state index < -0.39 is 0 Å². The van der Waals surface area contributed by atoms with Crippen molar-refractivity contribution in [1.29, 1.82) is 0 Å². The zero-order valence-corrected chi connectivity index (χ0v) is 13.1. The van der Waals surface area contributed by atoms with E-state index in [4.69, 9.17) is 4.42 Å². The predicted octanol–water partition coefficient (Wildman–Crippen LogP) is 2.16. The van der Waals surface area contributed by atoms with E-state index >= 15 is 0 Å². The standard InChI is InChI=1S/C15H20N2O3S/c1-9(2)16-13(18)12-8-21-15(11-5-6-20-7-11)17(12)14(19)10-3-4-10/h5-7,9-10,12,15H,3-4,8H2,1-2H3,(H,16,18). The van der Waals surface area contributed by atoms with Gasteiger partial charge in [-0.25, -0.2) is 0 Å². The molecule has 1 N–H and O–H groups in total. The molecular weight excluding hydrogens is 288 g/mol. The first-order valence-corrected chi connectivity index (χ1v) is 8.39. The summed E-state index contributed by atoms with van der Waals surface area (Å²) in [6.07, 6.45) is 5.15. The molecule has 2 aliphatic rings. The van der Waals surface area contributed by atoms with E-state index in [1.165, 1.54) is 0 Å². The summed E-state index contributed by atoms with van der Waals surface area (Å²) in [4.78, 5) is 26.8. The Morgan fingerprint density at radius 3 is 2.76 bits per heavy atom. The number of carbonyl (C=O) groups excluding carboxylic acids is 2. The molecule has 2 heterocycles. The van der Waals surface area contributed by atoms with E-state index in [9.17, 15) is 9.59 Å². The number of nitrogens with zero attached hydrogens (tertiary/aromatic N) is 1. The molecule has 6 heteroatoms. The highest BCUT2D eigenvalue weighted by atomic mass is 32.2. The van der Waals surface area contributed by atoms with Crippen molar-refractivity contribution in [3.8, 4) is 0 Å². The molecular formula is C15H20N2O3S. The molecule has 3 rings (SSSR count). The molecule has 1 aliphatic carbocycles. The molecule has 2 fully saturated rings. The number of thioether (sulfide) groups is 1. The minimum Gasteiger partial charge on any atom is -0.472 e. The molecule has 0 spiro atoms. The van der Waals surface area contributed by atoms with E-state index in [-0.39, 0.29) is 35.2 Å². The van der Waals surface area contributed by atoms with Crippen molar-refractivity contribution in [2.45, 2.75) is 44.1 Å². The molecule has 114 valence electrons. The number of furan rings is 1. The summed E-state index contributed by atoms with van der Waals surface area (Å²) in [5, 5.41) is 2.81. The van der Waals surface area contributed by atoms with E-state index in [0.717, 1.165) is 18.4 Å². The van der Waals surface area contributed by atoms with Crippen LogP contribution in [0.1, 0.15) is 37.6 Å². The highest BCUT2D eigenvalue weighted by molar-refractivity contribution is 7.99. The van der Waals surface area contributed by atoms with Crippen LogP contribution in [0, 0.1) is 5.92 Å². The van der Waals surface area contributed by atoms with Crippen LogP contribution in [0.25, 0.3) is 0 Å². The Balaban J connectivity index is 1.83. The molecule has 1 aromatic heterocycles. The minimum atomic E-state index is -0.384. The Labute approximate surface area is 128 Å². The lowest BCUT2D eigenvalue weighted by Gasteiger charge is -2.29. The first-order valence-electron chi connectivity index (χ1n) is 7.34. The van der Waals surface area contributed by atoms with Crippen molar-refractivity contribution >= 4 is 23.6 Å². The average Bonchev–Trinajstić information content (AvgIpc) is 2.98. The Morgan fingerprint density at radius 2 is 2.19 bits per heavy atom. The molecule has 1 aliphatic heterocycles. The molecule has 0 bridgehead atoms.